The van der Waals surface area contributed by atoms with Gasteiger partial charge in [0.05, 0.1) is 34.5 Å². The van der Waals surface area contributed by atoms with Crippen LogP contribution >= 0.6 is 11.6 Å². The highest BCUT2D eigenvalue weighted by molar-refractivity contribution is 6.33. The van der Waals surface area contributed by atoms with Gasteiger partial charge in [0.15, 0.2) is 5.65 Å². The van der Waals surface area contributed by atoms with E-state index in [1.54, 1.807) is 6.07 Å². The van der Waals surface area contributed by atoms with Gasteiger partial charge in [-0.2, -0.15) is 0 Å². The van der Waals surface area contributed by atoms with Crippen LogP contribution in [0.15, 0.2) is 59.4 Å². The smallest absolute Gasteiger partial charge is 0.325 e. The largest absolute Gasteiger partial charge is 0.375 e. The average Bonchev–Trinajstić information content (AvgIpc) is 3.62. The standard InChI is InChI=1S/C22H21ClN4O.C7H12O2.C2H2/c1-3-27(4-2)17-11-9-15(10-12-17)14-5-7-16(8-6-14)20-18(23)13-19-21(25-20)26-22(28)24-19;1-7-3-5-8-6(7)2-4-9-7;1-2/h5-13H,3-4H2,1-2H3,(H2,24,25,26,28);6H,2-5H2,1H3;1-2H/t;6-,7-;/m.1./s1. The molecule has 0 aliphatic carbocycles. The van der Waals surface area contributed by atoms with Crippen LogP contribution in [-0.4, -0.2) is 53.0 Å². The van der Waals surface area contributed by atoms with E-state index in [1.165, 1.54) is 5.69 Å². The number of nitrogens with one attached hydrogen (secondary N) is 2. The number of halogens is 1. The summed E-state index contributed by atoms with van der Waals surface area (Å²) < 4.78 is 11.0. The molecular weight excluding hydrogens is 512 g/mol. The Labute approximate surface area is 234 Å². The van der Waals surface area contributed by atoms with Crippen LogP contribution in [0.4, 0.5) is 5.69 Å². The molecule has 204 valence electrons. The van der Waals surface area contributed by atoms with Gasteiger partial charge in [0.25, 0.3) is 0 Å². The molecule has 2 N–H and O–H groups in total. The van der Waals surface area contributed by atoms with E-state index in [2.05, 4.69) is 89.9 Å². The number of ether oxygens (including phenoxy) is 2. The van der Waals surface area contributed by atoms with Gasteiger partial charge >= 0.3 is 5.69 Å². The zero-order chi connectivity index (χ0) is 28.0. The summed E-state index contributed by atoms with van der Waals surface area (Å²) >= 11 is 6.38. The fourth-order valence-electron chi connectivity index (χ4n) is 5.11. The molecule has 2 atom stereocenters. The average molecular weight is 547 g/mol. The number of imidazole rings is 1. The van der Waals surface area contributed by atoms with Crippen LogP contribution in [0.1, 0.15) is 33.6 Å². The lowest BCUT2D eigenvalue weighted by Gasteiger charge is -2.21. The van der Waals surface area contributed by atoms with E-state index in [0.717, 1.165) is 55.8 Å². The minimum absolute atomic E-state index is 0.0833. The highest BCUT2D eigenvalue weighted by atomic mass is 35.5. The van der Waals surface area contributed by atoms with Crippen molar-refractivity contribution in [3.63, 3.8) is 0 Å². The van der Waals surface area contributed by atoms with E-state index >= 15 is 0 Å². The number of pyridine rings is 1. The topological polar surface area (TPSA) is 83.2 Å². The summed E-state index contributed by atoms with van der Waals surface area (Å²) in [4.78, 5) is 23.6. The van der Waals surface area contributed by atoms with Crippen molar-refractivity contribution in [3.05, 3.63) is 70.1 Å². The lowest BCUT2D eigenvalue weighted by Crippen LogP contribution is -2.30. The van der Waals surface area contributed by atoms with Crippen molar-refractivity contribution in [2.75, 3.05) is 31.2 Å². The van der Waals surface area contributed by atoms with Gasteiger partial charge in [-0.25, -0.2) is 9.78 Å². The molecule has 0 spiro atoms. The number of hydrogen-bond acceptors (Lipinski definition) is 5. The fourth-order valence-corrected chi connectivity index (χ4v) is 5.37. The predicted octanol–water partition coefficient (Wildman–Crippen LogP) is 6.29. The highest BCUT2D eigenvalue weighted by Gasteiger charge is 2.44. The van der Waals surface area contributed by atoms with Crippen LogP contribution < -0.4 is 10.6 Å². The monoisotopic (exact) mass is 546 g/mol. The Morgan fingerprint density at radius 1 is 1.00 bits per heavy atom. The summed E-state index contributed by atoms with van der Waals surface area (Å²) in [5, 5.41) is 0.499. The molecule has 0 unspecified atom stereocenters. The van der Waals surface area contributed by atoms with Gasteiger partial charge in [-0.05, 0) is 56.5 Å². The van der Waals surface area contributed by atoms with Crippen LogP contribution in [0.3, 0.4) is 0 Å². The summed E-state index contributed by atoms with van der Waals surface area (Å²) in [6, 6.07) is 18.4. The summed E-state index contributed by atoms with van der Waals surface area (Å²) in [5.41, 5.74) is 5.96. The summed E-state index contributed by atoms with van der Waals surface area (Å²) in [5.74, 6) is 0. The Morgan fingerprint density at radius 2 is 1.62 bits per heavy atom. The summed E-state index contributed by atoms with van der Waals surface area (Å²) in [6.07, 6.45) is 10.6. The zero-order valence-electron chi connectivity index (χ0n) is 22.7. The second-order valence-electron chi connectivity index (χ2n) is 9.65. The first-order valence-corrected chi connectivity index (χ1v) is 13.6. The minimum atomic E-state index is -0.292. The number of aromatic amines is 2. The molecule has 2 saturated heterocycles. The molecule has 8 heteroatoms. The molecule has 0 saturated carbocycles. The second kappa shape index (κ2) is 12.5. The molecule has 7 nitrogen and oxygen atoms in total. The highest BCUT2D eigenvalue weighted by Crippen LogP contribution is 2.36. The van der Waals surface area contributed by atoms with Crippen molar-refractivity contribution in [2.45, 2.75) is 45.3 Å². The van der Waals surface area contributed by atoms with Crippen LogP contribution in [0.25, 0.3) is 33.5 Å². The Morgan fingerprint density at radius 3 is 2.23 bits per heavy atom. The number of benzene rings is 2. The molecule has 2 fully saturated rings. The van der Waals surface area contributed by atoms with Crippen molar-refractivity contribution >= 4 is 28.5 Å². The molecule has 0 radical (unpaired) electrons. The maximum absolute atomic E-state index is 11.5. The lowest BCUT2D eigenvalue weighted by molar-refractivity contribution is -0.00576. The molecule has 2 aliphatic heterocycles. The van der Waals surface area contributed by atoms with Gasteiger partial charge in [0, 0.05) is 37.4 Å². The van der Waals surface area contributed by atoms with Crippen molar-refractivity contribution in [1.29, 1.82) is 0 Å². The van der Waals surface area contributed by atoms with E-state index in [4.69, 9.17) is 21.1 Å². The molecule has 0 amide bonds. The summed E-state index contributed by atoms with van der Waals surface area (Å²) in [6.45, 7) is 10.2. The van der Waals surface area contributed by atoms with Crippen molar-refractivity contribution in [3.8, 4) is 35.2 Å². The Hall–Kier alpha value is -3.57. The van der Waals surface area contributed by atoms with Crippen LogP contribution in [0, 0.1) is 12.8 Å². The van der Waals surface area contributed by atoms with E-state index in [1.807, 2.05) is 12.1 Å². The van der Waals surface area contributed by atoms with Crippen LogP contribution in [0.5, 0.6) is 0 Å². The number of hydrogen-bond donors (Lipinski definition) is 2. The Bertz CT molecular complexity index is 1440. The van der Waals surface area contributed by atoms with E-state index in [-0.39, 0.29) is 11.3 Å². The predicted molar refractivity (Wildman–Crippen MR) is 159 cm³/mol. The van der Waals surface area contributed by atoms with Crippen LogP contribution in [0.2, 0.25) is 5.02 Å². The van der Waals surface area contributed by atoms with E-state index in [9.17, 15) is 4.79 Å². The van der Waals surface area contributed by atoms with Crippen molar-refractivity contribution < 1.29 is 9.47 Å². The Kier molecular flexibility index (Phi) is 9.13. The zero-order valence-corrected chi connectivity index (χ0v) is 23.4. The van der Waals surface area contributed by atoms with Crippen molar-refractivity contribution in [2.24, 2.45) is 0 Å². The van der Waals surface area contributed by atoms with Gasteiger partial charge in [0.2, 0.25) is 0 Å². The molecule has 6 rings (SSSR count). The van der Waals surface area contributed by atoms with Crippen molar-refractivity contribution in [1.82, 2.24) is 15.0 Å². The molecule has 39 heavy (non-hydrogen) atoms. The van der Waals surface area contributed by atoms with Gasteiger partial charge in [-0.15, -0.1) is 12.8 Å². The first-order valence-electron chi connectivity index (χ1n) is 13.2. The SMILES string of the molecule is C#C.CCN(CC)c1ccc(-c2ccc(-c3nc4[nH]c(=O)[nH]c4cc3Cl)cc2)cc1.C[C@@]12CCO[C@@H]1CCO2. The third-order valence-electron chi connectivity index (χ3n) is 7.35. The molecule has 2 aromatic carbocycles. The normalized spacial score (nSPS) is 19.5. The number of nitrogens with zero attached hydrogens (tertiary/aromatic N) is 2. The molecule has 2 aliphatic rings. The molecular formula is C31H35ClN4O3. The number of terminal acetylenes is 1. The summed E-state index contributed by atoms with van der Waals surface area (Å²) in [7, 11) is 0. The van der Waals surface area contributed by atoms with E-state index < -0.39 is 0 Å². The molecule has 4 aromatic rings. The molecule has 0 bridgehead atoms. The number of aromatic nitrogens is 3. The number of H-pyrrole nitrogens is 2. The van der Waals surface area contributed by atoms with Gasteiger partial charge < -0.3 is 19.4 Å². The molecule has 2 aromatic heterocycles. The lowest BCUT2D eigenvalue weighted by atomic mass is 9.99. The second-order valence-corrected chi connectivity index (χ2v) is 10.1. The maximum atomic E-state index is 11.5. The van der Waals surface area contributed by atoms with Crippen LogP contribution in [-0.2, 0) is 9.47 Å². The maximum Gasteiger partial charge on any atom is 0.325 e. The molecule has 4 heterocycles. The van der Waals surface area contributed by atoms with Gasteiger partial charge in [-0.1, -0.05) is 48.0 Å². The van der Waals surface area contributed by atoms with Gasteiger partial charge in [-0.3, -0.25) is 4.98 Å². The Balaban J connectivity index is 0.000000267. The third kappa shape index (κ3) is 6.20. The number of rotatable bonds is 5. The first-order chi connectivity index (χ1) is 18.9. The quantitative estimate of drug-likeness (QED) is 0.287. The fraction of sp³-hybridized carbons (Fsp3) is 0.355. The number of fused-ring (bicyclic) bond motifs is 2. The third-order valence-corrected chi connectivity index (χ3v) is 7.64. The number of anilines is 1. The first kappa shape index (κ1) is 28.4. The minimum Gasteiger partial charge on any atom is -0.375 e. The van der Waals surface area contributed by atoms with E-state index in [0.29, 0.717) is 28.0 Å². The van der Waals surface area contributed by atoms with Gasteiger partial charge in [0.1, 0.15) is 0 Å².